The lowest BCUT2D eigenvalue weighted by Crippen LogP contribution is -2.34. The highest BCUT2D eigenvalue weighted by molar-refractivity contribution is 6.04. The van der Waals surface area contributed by atoms with Crippen LogP contribution in [-0.4, -0.2) is 17.4 Å². The van der Waals surface area contributed by atoms with E-state index in [0.29, 0.717) is 12.1 Å². The molecule has 23 heavy (non-hydrogen) atoms. The van der Waals surface area contributed by atoms with Crippen molar-refractivity contribution in [3.8, 4) is 0 Å². The summed E-state index contributed by atoms with van der Waals surface area (Å²) in [5.41, 5.74) is 2.51. The van der Waals surface area contributed by atoms with Crippen LogP contribution in [-0.2, 0) is 11.2 Å². The van der Waals surface area contributed by atoms with Crippen LogP contribution in [0.1, 0.15) is 17.5 Å². The largest absolute Gasteiger partial charge is 0.309 e. The molecule has 1 aliphatic heterocycles. The quantitative estimate of drug-likeness (QED) is 0.494. The minimum Gasteiger partial charge on any atom is -0.309 e. The average molecular weight is 308 g/mol. The molecular formula is C18H16N2O3. The Hall–Kier alpha value is -2.95. The molecule has 0 atom stereocenters. The summed E-state index contributed by atoms with van der Waals surface area (Å²) in [6.07, 6.45) is 4.80. The molecule has 0 bridgehead atoms. The number of carbonyl (C=O) groups excluding carboxylic acids is 1. The summed E-state index contributed by atoms with van der Waals surface area (Å²) in [5, 5.41) is 11.0. The van der Waals surface area contributed by atoms with Crippen molar-refractivity contribution in [1.29, 1.82) is 0 Å². The van der Waals surface area contributed by atoms with Gasteiger partial charge in [-0.1, -0.05) is 30.3 Å². The smallest absolute Gasteiger partial charge is 0.276 e. The first-order valence-electron chi connectivity index (χ1n) is 7.48. The summed E-state index contributed by atoms with van der Waals surface area (Å²) in [6.45, 7) is 0.664. The van der Waals surface area contributed by atoms with Crippen molar-refractivity contribution in [2.75, 3.05) is 11.4 Å². The zero-order valence-electron chi connectivity index (χ0n) is 12.5. The number of rotatable bonds is 3. The maximum absolute atomic E-state index is 12.5. The molecule has 2 aromatic rings. The van der Waals surface area contributed by atoms with Crippen molar-refractivity contribution >= 4 is 23.4 Å². The molecule has 0 radical (unpaired) electrons. The van der Waals surface area contributed by atoms with Crippen molar-refractivity contribution in [2.45, 2.75) is 12.8 Å². The summed E-state index contributed by atoms with van der Waals surface area (Å²) in [6, 6.07) is 14.2. The van der Waals surface area contributed by atoms with E-state index in [4.69, 9.17) is 0 Å². The number of anilines is 1. The molecule has 0 fully saturated rings. The van der Waals surface area contributed by atoms with E-state index in [1.165, 1.54) is 18.2 Å². The predicted molar refractivity (Wildman–Crippen MR) is 89.2 cm³/mol. The zero-order chi connectivity index (χ0) is 16.2. The highest BCUT2D eigenvalue weighted by atomic mass is 16.6. The molecule has 3 rings (SSSR count). The molecule has 1 heterocycles. The first-order valence-corrected chi connectivity index (χ1v) is 7.48. The lowest BCUT2D eigenvalue weighted by molar-refractivity contribution is -0.385. The lowest BCUT2D eigenvalue weighted by Gasteiger charge is -2.28. The third-order valence-corrected chi connectivity index (χ3v) is 3.92. The van der Waals surface area contributed by atoms with Crippen LogP contribution in [0.15, 0.2) is 54.6 Å². The Morgan fingerprint density at radius 1 is 1.13 bits per heavy atom. The van der Waals surface area contributed by atoms with E-state index in [1.807, 2.05) is 24.3 Å². The Morgan fingerprint density at radius 3 is 2.70 bits per heavy atom. The molecule has 0 unspecified atom stereocenters. The van der Waals surface area contributed by atoms with Gasteiger partial charge in [0.05, 0.1) is 10.5 Å². The number of carbonyl (C=O) groups is 1. The van der Waals surface area contributed by atoms with Crippen LogP contribution in [0.5, 0.6) is 0 Å². The number of nitrogens with zero attached hydrogens (tertiary/aromatic N) is 2. The van der Waals surface area contributed by atoms with Crippen LogP contribution in [0.25, 0.3) is 6.08 Å². The minimum absolute atomic E-state index is 0.00408. The highest BCUT2D eigenvalue weighted by Gasteiger charge is 2.20. The van der Waals surface area contributed by atoms with Crippen LogP contribution >= 0.6 is 0 Å². The second-order valence-electron chi connectivity index (χ2n) is 5.37. The van der Waals surface area contributed by atoms with Crippen molar-refractivity contribution in [3.63, 3.8) is 0 Å². The number of aryl methyl sites for hydroxylation is 1. The Labute approximate surface area is 134 Å². The molecule has 1 amide bonds. The summed E-state index contributed by atoms with van der Waals surface area (Å²) in [5.74, 6) is -0.157. The van der Waals surface area contributed by atoms with Crippen molar-refractivity contribution in [1.82, 2.24) is 0 Å². The Balaban J connectivity index is 1.85. The van der Waals surface area contributed by atoms with Gasteiger partial charge in [0.25, 0.3) is 11.6 Å². The van der Waals surface area contributed by atoms with Gasteiger partial charge in [-0.25, -0.2) is 0 Å². The Kier molecular flexibility index (Phi) is 4.19. The number of fused-ring (bicyclic) bond motifs is 1. The monoisotopic (exact) mass is 308 g/mol. The Bertz CT molecular complexity index is 783. The zero-order valence-corrected chi connectivity index (χ0v) is 12.5. The molecule has 0 aromatic heterocycles. The predicted octanol–water partition coefficient (Wildman–Crippen LogP) is 3.59. The van der Waals surface area contributed by atoms with Gasteiger partial charge in [0.2, 0.25) is 0 Å². The van der Waals surface area contributed by atoms with E-state index in [9.17, 15) is 14.9 Å². The first-order chi connectivity index (χ1) is 11.2. The molecule has 0 N–H and O–H groups in total. The van der Waals surface area contributed by atoms with Gasteiger partial charge in [0, 0.05) is 24.4 Å². The number of amides is 1. The topological polar surface area (TPSA) is 63.4 Å². The molecule has 2 aromatic carbocycles. The second kappa shape index (κ2) is 6.44. The molecule has 1 aliphatic rings. The van der Waals surface area contributed by atoms with Crippen molar-refractivity contribution in [2.24, 2.45) is 0 Å². The molecule has 0 saturated heterocycles. The molecule has 5 heteroatoms. The van der Waals surface area contributed by atoms with E-state index < -0.39 is 4.92 Å². The molecule has 0 aliphatic carbocycles. The van der Waals surface area contributed by atoms with Gasteiger partial charge < -0.3 is 4.90 Å². The van der Waals surface area contributed by atoms with Gasteiger partial charge >= 0.3 is 0 Å². The van der Waals surface area contributed by atoms with Crippen LogP contribution in [0, 0.1) is 10.1 Å². The van der Waals surface area contributed by atoms with Crippen molar-refractivity contribution in [3.05, 3.63) is 75.8 Å². The van der Waals surface area contributed by atoms with Gasteiger partial charge in [-0.3, -0.25) is 14.9 Å². The van der Waals surface area contributed by atoms with E-state index in [2.05, 4.69) is 0 Å². The molecule has 5 nitrogen and oxygen atoms in total. The maximum atomic E-state index is 12.5. The molecular weight excluding hydrogens is 292 g/mol. The van der Waals surface area contributed by atoms with E-state index in [-0.39, 0.29) is 11.6 Å². The van der Waals surface area contributed by atoms with Crippen molar-refractivity contribution < 1.29 is 9.72 Å². The number of nitro groups is 1. The van der Waals surface area contributed by atoms with Gasteiger partial charge in [-0.2, -0.15) is 0 Å². The fourth-order valence-corrected chi connectivity index (χ4v) is 2.81. The number of benzene rings is 2. The maximum Gasteiger partial charge on any atom is 0.276 e. The number of hydrogen-bond acceptors (Lipinski definition) is 3. The third-order valence-electron chi connectivity index (χ3n) is 3.92. The van der Waals surface area contributed by atoms with Gasteiger partial charge in [0.15, 0.2) is 0 Å². The van der Waals surface area contributed by atoms with E-state index in [0.717, 1.165) is 24.1 Å². The standard InChI is InChI=1S/C18H16N2O3/c21-18(12-11-15-7-2-4-10-17(15)20(22)23)19-13-5-8-14-6-1-3-9-16(14)19/h1-4,6-7,9-12H,5,8,13H2/b12-11+. The summed E-state index contributed by atoms with van der Waals surface area (Å²) in [4.78, 5) is 24.8. The van der Waals surface area contributed by atoms with Crippen LogP contribution in [0.2, 0.25) is 0 Å². The van der Waals surface area contributed by atoms with Crippen LogP contribution in [0.4, 0.5) is 11.4 Å². The summed E-state index contributed by atoms with van der Waals surface area (Å²) >= 11 is 0. The van der Waals surface area contributed by atoms with Gasteiger partial charge in [0.1, 0.15) is 0 Å². The van der Waals surface area contributed by atoms with E-state index >= 15 is 0 Å². The van der Waals surface area contributed by atoms with Crippen LogP contribution < -0.4 is 4.90 Å². The molecule has 0 saturated carbocycles. The first kappa shape index (κ1) is 15.0. The molecule has 116 valence electrons. The number of para-hydroxylation sites is 2. The third kappa shape index (κ3) is 3.13. The fourth-order valence-electron chi connectivity index (χ4n) is 2.81. The summed E-state index contributed by atoms with van der Waals surface area (Å²) in [7, 11) is 0. The van der Waals surface area contributed by atoms with Gasteiger partial charge in [-0.15, -0.1) is 0 Å². The second-order valence-corrected chi connectivity index (χ2v) is 5.37. The highest BCUT2D eigenvalue weighted by Crippen LogP contribution is 2.27. The number of nitro benzene ring substituents is 1. The average Bonchev–Trinajstić information content (AvgIpc) is 2.59. The molecule has 0 spiro atoms. The number of hydrogen-bond donors (Lipinski definition) is 0. The Morgan fingerprint density at radius 2 is 1.87 bits per heavy atom. The van der Waals surface area contributed by atoms with Crippen LogP contribution in [0.3, 0.4) is 0 Å². The summed E-state index contributed by atoms with van der Waals surface area (Å²) < 4.78 is 0. The SMILES string of the molecule is O=C(/C=C/c1ccccc1[N+](=O)[O-])N1CCCc2ccccc21. The minimum atomic E-state index is -0.444. The fraction of sp³-hybridized carbons (Fsp3) is 0.167. The van der Waals surface area contributed by atoms with E-state index in [1.54, 1.807) is 23.1 Å². The lowest BCUT2D eigenvalue weighted by atomic mass is 10.0. The van der Waals surface area contributed by atoms with Gasteiger partial charge in [-0.05, 0) is 36.6 Å². The normalized spacial score (nSPS) is 13.8.